The molecule has 0 aromatic heterocycles. The predicted molar refractivity (Wildman–Crippen MR) is 83.7 cm³/mol. The van der Waals surface area contributed by atoms with Crippen LogP contribution in [-0.2, 0) is 9.59 Å². The lowest BCUT2D eigenvalue weighted by Gasteiger charge is -2.46. The van der Waals surface area contributed by atoms with Crippen LogP contribution in [0.25, 0.3) is 0 Å². The van der Waals surface area contributed by atoms with Crippen LogP contribution in [0.3, 0.4) is 0 Å². The maximum Gasteiger partial charge on any atom is 0.246 e. The molecule has 0 aromatic carbocycles. The smallest absolute Gasteiger partial charge is 0.246 e. The Morgan fingerprint density at radius 1 is 1.14 bits per heavy atom. The highest BCUT2D eigenvalue weighted by Gasteiger charge is 2.44. The van der Waals surface area contributed by atoms with E-state index in [1.165, 1.54) is 32.1 Å². The number of amides is 2. The predicted octanol–water partition coefficient (Wildman–Crippen LogP) is 2.72. The minimum atomic E-state index is -0.335. The van der Waals surface area contributed by atoms with Crippen molar-refractivity contribution >= 4 is 11.8 Å². The number of hydrogen-bond acceptors (Lipinski definition) is 2. The molecule has 2 aliphatic rings. The van der Waals surface area contributed by atoms with Crippen LogP contribution < -0.4 is 5.32 Å². The molecule has 1 heterocycles. The quantitative estimate of drug-likeness (QED) is 0.866. The van der Waals surface area contributed by atoms with Gasteiger partial charge >= 0.3 is 0 Å². The summed E-state index contributed by atoms with van der Waals surface area (Å²) in [6, 6.07) is -0.471. The van der Waals surface area contributed by atoms with Crippen molar-refractivity contribution in [2.24, 2.45) is 11.8 Å². The third-order valence-corrected chi connectivity index (χ3v) is 5.25. The monoisotopic (exact) mass is 294 g/mol. The zero-order valence-corrected chi connectivity index (χ0v) is 13.9. The summed E-state index contributed by atoms with van der Waals surface area (Å²) < 4.78 is 0. The highest BCUT2D eigenvalue weighted by Crippen LogP contribution is 2.32. The van der Waals surface area contributed by atoms with E-state index < -0.39 is 0 Å². The topological polar surface area (TPSA) is 49.4 Å². The van der Waals surface area contributed by atoms with Crippen LogP contribution >= 0.6 is 0 Å². The number of nitrogens with one attached hydrogen (secondary N) is 1. The molecule has 1 aliphatic heterocycles. The van der Waals surface area contributed by atoms with E-state index in [0.717, 1.165) is 0 Å². The molecule has 0 bridgehead atoms. The Bertz CT molecular complexity index is 388. The Kier molecular flexibility index (Phi) is 5.28. The molecular weight excluding hydrogens is 264 g/mol. The maximum atomic E-state index is 12.8. The molecule has 4 heteroatoms. The van der Waals surface area contributed by atoms with Crippen molar-refractivity contribution in [3.8, 4) is 0 Å². The summed E-state index contributed by atoms with van der Waals surface area (Å²) in [5.41, 5.74) is 0. The van der Waals surface area contributed by atoms with E-state index in [0.29, 0.717) is 12.3 Å². The second-order valence-electron chi connectivity index (χ2n) is 7.04. The summed E-state index contributed by atoms with van der Waals surface area (Å²) in [5, 5.41) is 2.90. The minimum absolute atomic E-state index is 0.0270. The molecule has 4 nitrogen and oxygen atoms in total. The average Bonchev–Trinajstić information content (AvgIpc) is 2.48. The molecule has 3 unspecified atom stereocenters. The van der Waals surface area contributed by atoms with Crippen LogP contribution in [0.5, 0.6) is 0 Å². The van der Waals surface area contributed by atoms with Crippen molar-refractivity contribution < 1.29 is 9.59 Å². The van der Waals surface area contributed by atoms with E-state index in [4.69, 9.17) is 0 Å². The van der Waals surface area contributed by atoms with Gasteiger partial charge in [-0.3, -0.25) is 9.59 Å². The first kappa shape index (κ1) is 16.3. The van der Waals surface area contributed by atoms with Crippen molar-refractivity contribution in [2.75, 3.05) is 0 Å². The van der Waals surface area contributed by atoms with Gasteiger partial charge in [-0.05, 0) is 38.0 Å². The maximum absolute atomic E-state index is 12.8. The average molecular weight is 294 g/mol. The fraction of sp³-hybridized carbons (Fsp3) is 0.882. The lowest BCUT2D eigenvalue weighted by molar-refractivity contribution is -0.155. The van der Waals surface area contributed by atoms with Gasteiger partial charge in [-0.25, -0.2) is 0 Å². The van der Waals surface area contributed by atoms with E-state index in [9.17, 15) is 9.59 Å². The Morgan fingerprint density at radius 3 is 2.29 bits per heavy atom. The molecule has 2 rings (SSSR count). The van der Waals surface area contributed by atoms with Crippen LogP contribution in [0.1, 0.15) is 66.2 Å². The summed E-state index contributed by atoms with van der Waals surface area (Å²) in [7, 11) is 0. The van der Waals surface area contributed by atoms with Crippen molar-refractivity contribution in [1.82, 2.24) is 10.2 Å². The highest BCUT2D eigenvalue weighted by molar-refractivity contribution is 5.97. The summed E-state index contributed by atoms with van der Waals surface area (Å²) >= 11 is 0. The molecule has 2 fully saturated rings. The van der Waals surface area contributed by atoms with Gasteiger partial charge in [0.15, 0.2) is 0 Å². The van der Waals surface area contributed by atoms with Crippen molar-refractivity contribution in [2.45, 2.75) is 84.3 Å². The number of hydrogen-bond donors (Lipinski definition) is 1. The number of rotatable bonds is 4. The van der Waals surface area contributed by atoms with Crippen molar-refractivity contribution in [3.05, 3.63) is 0 Å². The van der Waals surface area contributed by atoms with Crippen LogP contribution in [0, 0.1) is 11.8 Å². The molecule has 21 heavy (non-hydrogen) atoms. The van der Waals surface area contributed by atoms with Crippen LogP contribution in [0.4, 0.5) is 0 Å². The van der Waals surface area contributed by atoms with Gasteiger partial charge in [0, 0.05) is 6.04 Å². The molecule has 2 amide bonds. The van der Waals surface area contributed by atoms with E-state index in [2.05, 4.69) is 12.2 Å². The fourth-order valence-corrected chi connectivity index (χ4v) is 3.96. The normalized spacial score (nSPS) is 29.7. The Labute approximate surface area is 128 Å². The van der Waals surface area contributed by atoms with Crippen molar-refractivity contribution in [3.63, 3.8) is 0 Å². The van der Waals surface area contributed by atoms with Crippen molar-refractivity contribution in [1.29, 1.82) is 0 Å². The summed E-state index contributed by atoms with van der Waals surface area (Å²) in [6.45, 7) is 8.17. The zero-order chi connectivity index (χ0) is 15.6. The molecule has 1 saturated heterocycles. The summed E-state index contributed by atoms with van der Waals surface area (Å²) in [6.07, 6.45) is 6.87. The van der Waals surface area contributed by atoms with Crippen LogP contribution in [-0.4, -0.2) is 34.8 Å². The molecule has 1 N–H and O–H groups in total. The largest absolute Gasteiger partial charge is 0.343 e. The SMILES string of the molecule is CCC1NC(=O)C(C(C)C)N(C(C)C2CCCCC2)C1=O. The Balaban J connectivity index is 2.24. The van der Waals surface area contributed by atoms with Gasteiger partial charge < -0.3 is 10.2 Å². The number of nitrogens with zero attached hydrogens (tertiary/aromatic N) is 1. The molecule has 120 valence electrons. The second-order valence-corrected chi connectivity index (χ2v) is 7.04. The summed E-state index contributed by atoms with van der Waals surface area (Å²) in [4.78, 5) is 27.2. The van der Waals surface area contributed by atoms with Gasteiger partial charge in [0.2, 0.25) is 11.8 Å². The fourth-order valence-electron chi connectivity index (χ4n) is 3.96. The molecule has 3 atom stereocenters. The first-order valence-corrected chi connectivity index (χ1v) is 8.59. The minimum Gasteiger partial charge on any atom is -0.343 e. The van der Waals surface area contributed by atoms with Gasteiger partial charge in [0.25, 0.3) is 0 Å². The molecule has 0 radical (unpaired) electrons. The third kappa shape index (κ3) is 3.24. The van der Waals surface area contributed by atoms with E-state index in [1.54, 1.807) is 0 Å². The van der Waals surface area contributed by atoms with E-state index in [-0.39, 0.29) is 35.9 Å². The molecule has 1 saturated carbocycles. The third-order valence-electron chi connectivity index (χ3n) is 5.25. The second kappa shape index (κ2) is 6.80. The number of carbonyl (C=O) groups is 2. The van der Waals surface area contributed by atoms with Gasteiger partial charge in [-0.15, -0.1) is 0 Å². The molecular formula is C17H30N2O2. The van der Waals surface area contributed by atoms with Crippen LogP contribution in [0.15, 0.2) is 0 Å². The van der Waals surface area contributed by atoms with Crippen LogP contribution in [0.2, 0.25) is 0 Å². The Morgan fingerprint density at radius 2 is 1.76 bits per heavy atom. The highest BCUT2D eigenvalue weighted by atomic mass is 16.2. The number of piperazine rings is 1. The first-order valence-electron chi connectivity index (χ1n) is 8.59. The molecule has 1 aliphatic carbocycles. The molecule has 0 aromatic rings. The number of carbonyl (C=O) groups excluding carboxylic acids is 2. The lowest BCUT2D eigenvalue weighted by atomic mass is 9.82. The van der Waals surface area contributed by atoms with Gasteiger partial charge in [-0.1, -0.05) is 40.0 Å². The Hall–Kier alpha value is -1.06. The van der Waals surface area contributed by atoms with E-state index in [1.807, 2.05) is 25.7 Å². The zero-order valence-electron chi connectivity index (χ0n) is 13.9. The van der Waals surface area contributed by atoms with Gasteiger partial charge in [0.05, 0.1) is 0 Å². The summed E-state index contributed by atoms with van der Waals surface area (Å²) in [5.74, 6) is 0.845. The van der Waals surface area contributed by atoms with Gasteiger partial charge in [-0.2, -0.15) is 0 Å². The molecule has 0 spiro atoms. The van der Waals surface area contributed by atoms with E-state index >= 15 is 0 Å². The lowest BCUT2D eigenvalue weighted by Crippen LogP contribution is -2.67. The first-order chi connectivity index (χ1) is 9.97. The standard InChI is InChI=1S/C17H30N2O2/c1-5-14-17(21)19(15(11(2)3)16(20)18-14)12(4)13-9-7-6-8-10-13/h11-15H,5-10H2,1-4H3,(H,18,20). The van der Waals surface area contributed by atoms with Gasteiger partial charge in [0.1, 0.15) is 12.1 Å².